The van der Waals surface area contributed by atoms with Crippen molar-refractivity contribution in [1.82, 2.24) is 10.6 Å². The molecule has 2 N–H and O–H groups in total. The number of carbonyl (C=O) groups excluding carboxylic acids is 1. The lowest BCUT2D eigenvalue weighted by Crippen LogP contribution is -2.37. The minimum Gasteiger partial charge on any atom is -0.467 e. The maximum absolute atomic E-state index is 12.4. The highest BCUT2D eigenvalue weighted by molar-refractivity contribution is 5.95. The van der Waals surface area contributed by atoms with Crippen LogP contribution >= 0.6 is 24.8 Å². The Hall–Kier alpha value is -1.69. The highest BCUT2D eigenvalue weighted by Gasteiger charge is 2.27. The number of benzene rings is 1. The van der Waals surface area contributed by atoms with E-state index < -0.39 is 0 Å². The van der Waals surface area contributed by atoms with Crippen molar-refractivity contribution in [3.63, 3.8) is 0 Å². The highest BCUT2D eigenvalue weighted by atomic mass is 35.5. The van der Waals surface area contributed by atoms with Gasteiger partial charge in [-0.1, -0.05) is 18.2 Å². The predicted molar refractivity (Wildman–Crippen MR) is 110 cm³/mol. The lowest BCUT2D eigenvalue weighted by atomic mass is 10.1. The average molecular weight is 400 g/mol. The number of hydrogen-bond donors (Lipinski definition) is 2. The van der Waals surface area contributed by atoms with E-state index in [4.69, 9.17) is 4.42 Å². The van der Waals surface area contributed by atoms with E-state index in [1.54, 1.807) is 12.3 Å². The molecule has 1 aromatic heterocycles. The highest BCUT2D eigenvalue weighted by Crippen LogP contribution is 2.33. The quantitative estimate of drug-likeness (QED) is 0.781. The SMILES string of the molecule is CNC(C)CNC(=O)c1ccoc1CN1c2ccccc2CC1C.Cl.Cl. The van der Waals surface area contributed by atoms with E-state index in [-0.39, 0.29) is 36.8 Å². The number of rotatable bonds is 6. The molecule has 2 unspecified atom stereocenters. The number of carbonyl (C=O) groups is 1. The number of halogens is 2. The number of fused-ring (bicyclic) bond motifs is 1. The van der Waals surface area contributed by atoms with Gasteiger partial charge in [0.2, 0.25) is 0 Å². The van der Waals surface area contributed by atoms with Crippen LogP contribution in [0.5, 0.6) is 0 Å². The van der Waals surface area contributed by atoms with Gasteiger partial charge in [-0.25, -0.2) is 0 Å². The maximum atomic E-state index is 12.4. The summed E-state index contributed by atoms with van der Waals surface area (Å²) in [4.78, 5) is 14.7. The van der Waals surface area contributed by atoms with Gasteiger partial charge in [-0.3, -0.25) is 4.79 Å². The zero-order valence-corrected chi connectivity index (χ0v) is 17.0. The summed E-state index contributed by atoms with van der Waals surface area (Å²) in [5.41, 5.74) is 3.21. The van der Waals surface area contributed by atoms with Crippen molar-refractivity contribution < 1.29 is 9.21 Å². The first-order valence-electron chi connectivity index (χ1n) is 8.46. The fourth-order valence-corrected chi connectivity index (χ4v) is 3.13. The van der Waals surface area contributed by atoms with Gasteiger partial charge in [-0.05, 0) is 45.0 Å². The largest absolute Gasteiger partial charge is 0.467 e. The Balaban J connectivity index is 0.00000169. The zero-order valence-electron chi connectivity index (χ0n) is 15.3. The lowest BCUT2D eigenvalue weighted by molar-refractivity contribution is 0.0948. The smallest absolute Gasteiger partial charge is 0.254 e. The topological polar surface area (TPSA) is 57.5 Å². The lowest BCUT2D eigenvalue weighted by Gasteiger charge is -2.24. The molecule has 0 saturated carbocycles. The van der Waals surface area contributed by atoms with Crippen LogP contribution in [0.3, 0.4) is 0 Å². The van der Waals surface area contributed by atoms with Crippen molar-refractivity contribution in [3.05, 3.63) is 53.5 Å². The van der Waals surface area contributed by atoms with Gasteiger partial charge in [-0.2, -0.15) is 0 Å². The molecule has 0 saturated heterocycles. The molecule has 2 aromatic rings. The second kappa shape index (κ2) is 9.86. The molecule has 0 aliphatic carbocycles. The number of anilines is 1. The molecule has 1 amide bonds. The zero-order chi connectivity index (χ0) is 17.1. The van der Waals surface area contributed by atoms with E-state index >= 15 is 0 Å². The minimum atomic E-state index is -0.0824. The van der Waals surface area contributed by atoms with Gasteiger partial charge in [0, 0.05) is 24.3 Å². The van der Waals surface area contributed by atoms with Gasteiger partial charge in [0.25, 0.3) is 5.91 Å². The van der Waals surface area contributed by atoms with Gasteiger partial charge < -0.3 is 20.0 Å². The fourth-order valence-electron chi connectivity index (χ4n) is 3.13. The molecule has 7 heteroatoms. The van der Waals surface area contributed by atoms with E-state index in [0.717, 1.165) is 6.42 Å². The molecule has 0 bridgehead atoms. The average Bonchev–Trinajstić information content (AvgIpc) is 3.17. The van der Waals surface area contributed by atoms with E-state index in [2.05, 4.69) is 46.7 Å². The third kappa shape index (κ3) is 4.72. The number of likely N-dealkylation sites (N-methyl/N-ethyl adjacent to an activating group) is 1. The Morgan fingerprint density at radius 2 is 2.04 bits per heavy atom. The van der Waals surface area contributed by atoms with Crippen molar-refractivity contribution in [2.24, 2.45) is 0 Å². The third-order valence-electron chi connectivity index (χ3n) is 4.71. The Morgan fingerprint density at radius 3 is 2.77 bits per heavy atom. The number of amides is 1. The number of nitrogens with one attached hydrogen (secondary N) is 2. The molecule has 2 atom stereocenters. The second-order valence-electron chi connectivity index (χ2n) is 6.47. The summed E-state index contributed by atoms with van der Waals surface area (Å²) in [5.74, 6) is 0.633. The Morgan fingerprint density at radius 1 is 1.31 bits per heavy atom. The number of para-hydroxylation sites is 1. The standard InChI is InChI=1S/C19H25N3O2.2ClH/c1-13(20-3)11-21-19(23)16-8-9-24-18(16)12-22-14(2)10-15-6-4-5-7-17(15)22;;/h4-9,13-14,20H,10-12H2,1-3H3,(H,21,23);2*1H. The van der Waals surface area contributed by atoms with Crippen molar-refractivity contribution in [2.75, 3.05) is 18.5 Å². The Bertz CT molecular complexity index is 720. The molecule has 1 aliphatic heterocycles. The maximum Gasteiger partial charge on any atom is 0.254 e. The first-order valence-corrected chi connectivity index (χ1v) is 8.46. The molecule has 5 nitrogen and oxygen atoms in total. The summed E-state index contributed by atoms with van der Waals surface area (Å²) in [6.07, 6.45) is 2.62. The first kappa shape index (κ1) is 22.4. The second-order valence-corrected chi connectivity index (χ2v) is 6.47. The molecule has 1 aliphatic rings. The molecule has 2 heterocycles. The molecular weight excluding hydrogens is 373 g/mol. The molecule has 0 radical (unpaired) electrons. The van der Waals surface area contributed by atoms with Gasteiger partial charge in [0.1, 0.15) is 5.76 Å². The molecular formula is C19H27Cl2N3O2. The van der Waals surface area contributed by atoms with Crippen LogP contribution < -0.4 is 15.5 Å². The Kier molecular flexibility index (Phi) is 8.47. The normalized spacial score (nSPS) is 16.3. The number of furan rings is 1. The predicted octanol–water partition coefficient (Wildman–Crippen LogP) is 3.41. The van der Waals surface area contributed by atoms with Crippen LogP contribution in [0, 0.1) is 0 Å². The summed E-state index contributed by atoms with van der Waals surface area (Å²) in [6, 6.07) is 10.8. The van der Waals surface area contributed by atoms with Crippen molar-refractivity contribution >= 4 is 36.4 Å². The minimum absolute atomic E-state index is 0. The molecule has 144 valence electrons. The Labute approximate surface area is 167 Å². The van der Waals surface area contributed by atoms with Crippen LogP contribution in [0.1, 0.15) is 35.5 Å². The van der Waals surface area contributed by atoms with E-state index in [9.17, 15) is 4.79 Å². The van der Waals surface area contributed by atoms with E-state index in [1.807, 2.05) is 14.0 Å². The molecule has 26 heavy (non-hydrogen) atoms. The van der Waals surface area contributed by atoms with Gasteiger partial charge in [0.15, 0.2) is 0 Å². The van der Waals surface area contributed by atoms with Crippen molar-refractivity contribution in [3.8, 4) is 0 Å². The van der Waals surface area contributed by atoms with Gasteiger partial charge in [0.05, 0.1) is 18.4 Å². The summed E-state index contributed by atoms with van der Waals surface area (Å²) in [7, 11) is 1.88. The number of nitrogens with zero attached hydrogens (tertiary/aromatic N) is 1. The van der Waals surface area contributed by atoms with Crippen LogP contribution in [0.4, 0.5) is 5.69 Å². The summed E-state index contributed by atoms with van der Waals surface area (Å²) >= 11 is 0. The van der Waals surface area contributed by atoms with Crippen LogP contribution in [0.2, 0.25) is 0 Å². The molecule has 1 aromatic carbocycles. The monoisotopic (exact) mass is 399 g/mol. The van der Waals surface area contributed by atoms with Gasteiger partial charge >= 0.3 is 0 Å². The van der Waals surface area contributed by atoms with Crippen molar-refractivity contribution in [2.45, 2.75) is 38.9 Å². The van der Waals surface area contributed by atoms with E-state index in [1.165, 1.54) is 11.3 Å². The third-order valence-corrected chi connectivity index (χ3v) is 4.71. The molecule has 0 fully saturated rings. The number of hydrogen-bond acceptors (Lipinski definition) is 4. The molecule has 3 rings (SSSR count). The molecule has 0 spiro atoms. The van der Waals surface area contributed by atoms with Crippen LogP contribution in [0.15, 0.2) is 41.0 Å². The van der Waals surface area contributed by atoms with Crippen LogP contribution in [-0.2, 0) is 13.0 Å². The fraction of sp³-hybridized carbons (Fsp3) is 0.421. The van der Waals surface area contributed by atoms with Gasteiger partial charge in [-0.15, -0.1) is 24.8 Å². The van der Waals surface area contributed by atoms with Crippen LogP contribution in [-0.4, -0.2) is 31.6 Å². The van der Waals surface area contributed by atoms with E-state index in [0.29, 0.717) is 30.5 Å². The summed E-state index contributed by atoms with van der Waals surface area (Å²) in [6.45, 7) is 5.43. The summed E-state index contributed by atoms with van der Waals surface area (Å²) in [5, 5.41) is 6.06. The summed E-state index contributed by atoms with van der Waals surface area (Å²) < 4.78 is 5.63. The van der Waals surface area contributed by atoms with Crippen LogP contribution in [0.25, 0.3) is 0 Å². The first-order chi connectivity index (χ1) is 11.6. The van der Waals surface area contributed by atoms with Crippen molar-refractivity contribution in [1.29, 1.82) is 0 Å².